The molecule has 0 aliphatic carbocycles. The third-order valence-corrected chi connectivity index (χ3v) is 6.83. The van der Waals surface area contributed by atoms with E-state index in [2.05, 4.69) is 45.3 Å². The molecule has 0 radical (unpaired) electrons. The fourth-order valence-corrected chi connectivity index (χ4v) is 5.58. The van der Waals surface area contributed by atoms with Crippen molar-refractivity contribution in [3.05, 3.63) is 58.8 Å². The third-order valence-electron chi connectivity index (χ3n) is 5.73. The summed E-state index contributed by atoms with van der Waals surface area (Å²) >= 11 is 1.87. The maximum atomic E-state index is 6.49. The van der Waals surface area contributed by atoms with Crippen molar-refractivity contribution in [2.45, 2.75) is 50.7 Å². The van der Waals surface area contributed by atoms with Gasteiger partial charge in [-0.15, -0.1) is 11.3 Å². The number of benzene rings is 1. The van der Waals surface area contributed by atoms with Gasteiger partial charge in [0.05, 0.1) is 6.10 Å². The average molecular weight is 350 g/mol. The highest BCUT2D eigenvalue weighted by Gasteiger charge is 2.46. The highest BCUT2D eigenvalue weighted by Crippen LogP contribution is 2.52. The van der Waals surface area contributed by atoms with Crippen LogP contribution in [0.15, 0.2) is 48.1 Å². The largest absolute Gasteiger partial charge is 0.366 e. The second-order valence-corrected chi connectivity index (χ2v) is 8.14. The molecule has 2 aliphatic heterocycles. The van der Waals surface area contributed by atoms with Gasteiger partial charge in [-0.2, -0.15) is 0 Å². The molecule has 2 fully saturated rings. The van der Waals surface area contributed by atoms with E-state index in [1.807, 2.05) is 30.7 Å². The Labute approximate surface area is 152 Å². The Morgan fingerprint density at radius 1 is 1.16 bits per heavy atom. The average Bonchev–Trinajstić information content (AvgIpc) is 3.35. The van der Waals surface area contributed by atoms with Crippen LogP contribution in [0.4, 0.5) is 0 Å². The Bertz CT molecular complexity index is 891. The zero-order valence-corrected chi connectivity index (χ0v) is 15.3. The van der Waals surface area contributed by atoms with E-state index in [0.29, 0.717) is 6.10 Å². The van der Waals surface area contributed by atoms with E-state index in [4.69, 9.17) is 4.74 Å². The van der Waals surface area contributed by atoms with Gasteiger partial charge in [-0.05, 0) is 73.7 Å². The van der Waals surface area contributed by atoms with Gasteiger partial charge in [-0.1, -0.05) is 12.1 Å². The lowest BCUT2D eigenvalue weighted by Crippen LogP contribution is -2.29. The monoisotopic (exact) mass is 350 g/mol. The Balaban J connectivity index is 1.51. The summed E-state index contributed by atoms with van der Waals surface area (Å²) in [5.74, 6) is 1.01. The van der Waals surface area contributed by atoms with Crippen molar-refractivity contribution < 1.29 is 4.74 Å². The van der Waals surface area contributed by atoms with Gasteiger partial charge in [-0.25, -0.2) is 4.98 Å². The number of imidazole rings is 1. The first-order valence-electron chi connectivity index (χ1n) is 9.12. The van der Waals surface area contributed by atoms with Gasteiger partial charge in [0.2, 0.25) is 0 Å². The molecule has 0 spiro atoms. The SMILES string of the molecule is Cc1nccn1-c1ccc(-c2ccsc2C23CCCC(CC2)O3)cc1. The molecule has 0 saturated carbocycles. The molecule has 5 rings (SSSR count). The van der Waals surface area contributed by atoms with Crippen molar-refractivity contribution in [1.82, 2.24) is 9.55 Å². The summed E-state index contributed by atoms with van der Waals surface area (Å²) in [6.07, 6.45) is 10.4. The number of nitrogens with zero attached hydrogens (tertiary/aromatic N) is 2. The van der Waals surface area contributed by atoms with E-state index in [9.17, 15) is 0 Å². The molecule has 4 heteroatoms. The Hall–Kier alpha value is -1.91. The predicted molar refractivity (Wildman–Crippen MR) is 101 cm³/mol. The number of fused-ring (bicyclic) bond motifs is 2. The molecular formula is C21H22N2OS. The van der Waals surface area contributed by atoms with Crippen molar-refractivity contribution in [3.63, 3.8) is 0 Å². The summed E-state index contributed by atoms with van der Waals surface area (Å²) < 4.78 is 8.60. The number of hydrogen-bond donors (Lipinski definition) is 0. The number of ether oxygens (including phenoxy) is 1. The smallest absolute Gasteiger partial charge is 0.110 e. The molecule has 0 N–H and O–H groups in total. The zero-order valence-electron chi connectivity index (χ0n) is 14.4. The number of rotatable bonds is 3. The van der Waals surface area contributed by atoms with E-state index in [1.165, 1.54) is 48.1 Å². The Morgan fingerprint density at radius 3 is 2.84 bits per heavy atom. The van der Waals surface area contributed by atoms with Crippen molar-refractivity contribution in [3.8, 4) is 16.8 Å². The molecule has 2 aliphatic rings. The van der Waals surface area contributed by atoms with Crippen LogP contribution in [0, 0.1) is 6.92 Å². The maximum absolute atomic E-state index is 6.49. The van der Waals surface area contributed by atoms with E-state index in [0.717, 1.165) is 11.5 Å². The van der Waals surface area contributed by atoms with Crippen molar-refractivity contribution in [2.75, 3.05) is 0 Å². The summed E-state index contributed by atoms with van der Waals surface area (Å²) in [5.41, 5.74) is 3.77. The maximum Gasteiger partial charge on any atom is 0.110 e. The lowest BCUT2D eigenvalue weighted by Gasteiger charge is -2.33. The third kappa shape index (κ3) is 2.47. The van der Waals surface area contributed by atoms with Crippen LogP contribution in [0.2, 0.25) is 0 Å². The van der Waals surface area contributed by atoms with Crippen LogP contribution in [-0.4, -0.2) is 15.7 Å². The summed E-state index contributed by atoms with van der Waals surface area (Å²) in [7, 11) is 0. The van der Waals surface area contributed by atoms with Crippen molar-refractivity contribution >= 4 is 11.3 Å². The van der Waals surface area contributed by atoms with Crippen molar-refractivity contribution in [1.29, 1.82) is 0 Å². The zero-order chi connectivity index (χ0) is 16.9. The summed E-state index contributed by atoms with van der Waals surface area (Å²) in [5, 5.41) is 2.22. The molecule has 3 nitrogen and oxygen atoms in total. The Morgan fingerprint density at radius 2 is 2.04 bits per heavy atom. The minimum Gasteiger partial charge on any atom is -0.366 e. The van der Waals surface area contributed by atoms with Crippen LogP contribution in [0.25, 0.3) is 16.8 Å². The number of hydrogen-bond acceptors (Lipinski definition) is 3. The second kappa shape index (κ2) is 5.82. The predicted octanol–water partition coefficient (Wildman–Crippen LogP) is 5.47. The van der Waals surface area contributed by atoms with Crippen LogP contribution in [0.3, 0.4) is 0 Å². The minimum absolute atomic E-state index is 0.0218. The molecule has 0 amide bonds. The molecular weight excluding hydrogens is 328 g/mol. The molecule has 128 valence electrons. The van der Waals surface area contributed by atoms with E-state index >= 15 is 0 Å². The van der Waals surface area contributed by atoms with Crippen molar-refractivity contribution in [2.24, 2.45) is 0 Å². The molecule has 2 atom stereocenters. The van der Waals surface area contributed by atoms with Gasteiger partial charge in [0, 0.05) is 23.0 Å². The first-order valence-corrected chi connectivity index (χ1v) is 10.00. The van der Waals surface area contributed by atoms with E-state index in [-0.39, 0.29) is 5.60 Å². The molecule has 2 unspecified atom stereocenters. The van der Waals surface area contributed by atoms with Gasteiger partial charge in [0.15, 0.2) is 0 Å². The van der Waals surface area contributed by atoms with Gasteiger partial charge in [0.1, 0.15) is 11.4 Å². The topological polar surface area (TPSA) is 27.1 Å². The van der Waals surface area contributed by atoms with Crippen LogP contribution in [0.1, 0.15) is 42.8 Å². The van der Waals surface area contributed by atoms with Crippen LogP contribution < -0.4 is 0 Å². The van der Waals surface area contributed by atoms with Gasteiger partial charge < -0.3 is 9.30 Å². The molecule has 1 aromatic carbocycles. The van der Waals surface area contributed by atoms with Gasteiger partial charge >= 0.3 is 0 Å². The molecule has 2 saturated heterocycles. The second-order valence-electron chi connectivity index (χ2n) is 7.22. The first-order chi connectivity index (χ1) is 12.3. The summed E-state index contributed by atoms with van der Waals surface area (Å²) in [6.45, 7) is 2.03. The molecule has 2 bridgehead atoms. The number of thiophene rings is 1. The quantitative estimate of drug-likeness (QED) is 0.626. The molecule has 2 aromatic heterocycles. The van der Waals surface area contributed by atoms with Gasteiger partial charge in [0.25, 0.3) is 0 Å². The van der Waals surface area contributed by atoms with Crippen LogP contribution in [0.5, 0.6) is 0 Å². The van der Waals surface area contributed by atoms with Gasteiger partial charge in [-0.3, -0.25) is 0 Å². The lowest BCUT2D eigenvalue weighted by atomic mass is 9.89. The number of aryl methyl sites for hydroxylation is 1. The molecule has 25 heavy (non-hydrogen) atoms. The summed E-state index contributed by atoms with van der Waals surface area (Å²) in [4.78, 5) is 5.75. The number of aromatic nitrogens is 2. The lowest BCUT2D eigenvalue weighted by molar-refractivity contribution is -0.0789. The minimum atomic E-state index is -0.0218. The summed E-state index contributed by atoms with van der Waals surface area (Å²) in [6, 6.07) is 11.1. The Kier molecular flexibility index (Phi) is 3.57. The van der Waals surface area contributed by atoms with E-state index in [1.54, 1.807) is 0 Å². The highest BCUT2D eigenvalue weighted by molar-refractivity contribution is 7.10. The molecule has 3 aromatic rings. The fourth-order valence-electron chi connectivity index (χ4n) is 4.46. The van der Waals surface area contributed by atoms with E-state index < -0.39 is 0 Å². The first kappa shape index (κ1) is 15.4. The standard InChI is InChI=1S/C21H22N2OS/c1-15-22-12-13-23(15)17-6-4-16(5-7-17)19-9-14-25-20(19)21-10-2-3-18(24-21)8-11-21/h4-7,9,12-14,18H,2-3,8,10-11H2,1H3. The van der Waals surface area contributed by atoms with Crippen LogP contribution >= 0.6 is 11.3 Å². The van der Waals surface area contributed by atoms with Crippen LogP contribution in [-0.2, 0) is 10.3 Å². The fraction of sp³-hybridized carbons (Fsp3) is 0.381. The molecule has 4 heterocycles. The highest BCUT2D eigenvalue weighted by atomic mass is 32.1. The normalized spacial score (nSPS) is 25.4.